The zero-order valence-corrected chi connectivity index (χ0v) is 25.1. The maximum absolute atomic E-state index is 6.30. The first kappa shape index (κ1) is 25.8. The minimum absolute atomic E-state index is 0.837. The molecule has 0 amide bonds. The van der Waals surface area contributed by atoms with Crippen molar-refractivity contribution in [3.05, 3.63) is 152 Å². The molecule has 0 spiro atoms. The molecule has 0 fully saturated rings. The Labute approximate surface area is 268 Å². The second-order valence-electron chi connectivity index (χ2n) is 11.9. The molecule has 0 aliphatic rings. The van der Waals surface area contributed by atoms with E-state index in [0.717, 1.165) is 94.0 Å². The summed E-state index contributed by atoms with van der Waals surface area (Å²) in [5.41, 5.74) is 12.7. The van der Waals surface area contributed by atoms with Crippen LogP contribution in [0.1, 0.15) is 0 Å². The van der Waals surface area contributed by atoms with Gasteiger partial charge in [0, 0.05) is 21.5 Å². The number of aromatic nitrogens is 3. The van der Waals surface area contributed by atoms with Gasteiger partial charge in [-0.15, -0.1) is 10.2 Å². The summed E-state index contributed by atoms with van der Waals surface area (Å²) in [4.78, 5) is 1.70. The number of nitrogens with zero attached hydrogens (tertiary/aromatic N) is 3. The first-order valence-electron chi connectivity index (χ1n) is 15.7. The molecular weight excluding hydrogens is 578 g/mol. The summed E-state index contributed by atoms with van der Waals surface area (Å²) in [6, 6.07) is 52.3. The van der Waals surface area contributed by atoms with Gasteiger partial charge in [-0.25, -0.2) is 0 Å². The molecule has 0 saturated carbocycles. The lowest BCUT2D eigenvalue weighted by Crippen LogP contribution is -1.97. The molecular formula is C42H25N3O2. The fourth-order valence-electron chi connectivity index (χ4n) is 6.91. The number of hydrogen-bond acceptors (Lipinski definition) is 4. The molecule has 0 aliphatic heterocycles. The predicted molar refractivity (Wildman–Crippen MR) is 190 cm³/mol. The Morgan fingerprint density at radius 1 is 0.383 bits per heavy atom. The summed E-state index contributed by atoms with van der Waals surface area (Å²) in [6.45, 7) is 0. The Hall–Kier alpha value is -6.46. The van der Waals surface area contributed by atoms with Gasteiger partial charge >= 0.3 is 0 Å². The summed E-state index contributed by atoms with van der Waals surface area (Å²) in [6.07, 6.45) is 0. The number of fused-ring (bicyclic) bond motifs is 7. The van der Waals surface area contributed by atoms with Crippen molar-refractivity contribution in [3.8, 4) is 39.1 Å². The van der Waals surface area contributed by atoms with Gasteiger partial charge < -0.3 is 8.83 Å². The third kappa shape index (κ3) is 4.10. The molecule has 5 nitrogen and oxygen atoms in total. The fraction of sp³-hybridized carbons (Fsp3) is 0. The normalized spacial score (nSPS) is 11.8. The molecule has 0 unspecified atom stereocenters. The number of rotatable bonds is 4. The highest BCUT2D eigenvalue weighted by atomic mass is 16.3. The summed E-state index contributed by atoms with van der Waals surface area (Å²) >= 11 is 0. The Balaban J connectivity index is 1.23. The summed E-state index contributed by atoms with van der Waals surface area (Å²) < 4.78 is 12.6. The summed E-state index contributed by atoms with van der Waals surface area (Å²) in [5, 5.41) is 14.0. The molecule has 3 heterocycles. The van der Waals surface area contributed by atoms with Gasteiger partial charge in [-0.05, 0) is 100 Å². The van der Waals surface area contributed by atoms with Gasteiger partial charge in [0.15, 0.2) is 0 Å². The van der Waals surface area contributed by atoms with Crippen LogP contribution in [-0.4, -0.2) is 15.0 Å². The minimum Gasteiger partial charge on any atom is -0.456 e. The molecule has 220 valence electrons. The van der Waals surface area contributed by atoms with Crippen molar-refractivity contribution in [2.24, 2.45) is 0 Å². The van der Waals surface area contributed by atoms with E-state index in [-0.39, 0.29) is 0 Å². The molecule has 0 radical (unpaired) electrons. The van der Waals surface area contributed by atoms with Crippen LogP contribution >= 0.6 is 0 Å². The smallest absolute Gasteiger partial charge is 0.136 e. The fourth-order valence-corrected chi connectivity index (χ4v) is 6.91. The van der Waals surface area contributed by atoms with Crippen LogP contribution in [0.2, 0.25) is 0 Å². The van der Waals surface area contributed by atoms with Gasteiger partial charge in [0.25, 0.3) is 0 Å². The molecule has 5 heteroatoms. The van der Waals surface area contributed by atoms with Crippen molar-refractivity contribution < 1.29 is 8.83 Å². The topological polar surface area (TPSA) is 57.0 Å². The maximum atomic E-state index is 6.30. The van der Waals surface area contributed by atoms with Crippen LogP contribution < -0.4 is 0 Å². The first-order chi connectivity index (χ1) is 23.3. The van der Waals surface area contributed by atoms with Gasteiger partial charge in [0.1, 0.15) is 33.4 Å². The average molecular weight is 604 g/mol. The lowest BCUT2D eigenvalue weighted by molar-refractivity contribution is 0.668. The number of para-hydroxylation sites is 3. The van der Waals surface area contributed by atoms with Crippen molar-refractivity contribution in [3.63, 3.8) is 0 Å². The third-order valence-corrected chi connectivity index (χ3v) is 9.06. The van der Waals surface area contributed by atoms with Crippen LogP contribution in [-0.2, 0) is 0 Å². The van der Waals surface area contributed by atoms with E-state index in [4.69, 9.17) is 19.0 Å². The highest BCUT2D eigenvalue weighted by Crippen LogP contribution is 2.42. The predicted octanol–water partition coefficient (Wildman–Crippen LogP) is 11.2. The van der Waals surface area contributed by atoms with Crippen LogP contribution in [0, 0.1) is 0 Å². The SMILES string of the molecule is c1ccc(-n2nc3ccc(-c4cc(-c5cccc6oc7ccccc7c56)cc(-c5cccc6oc7ccccc7c56)c4)cc3n2)cc1. The van der Waals surface area contributed by atoms with Crippen molar-refractivity contribution in [2.45, 2.75) is 0 Å². The van der Waals surface area contributed by atoms with E-state index in [2.05, 4.69) is 84.9 Å². The van der Waals surface area contributed by atoms with Crippen LogP contribution in [0.3, 0.4) is 0 Å². The van der Waals surface area contributed by atoms with Crippen molar-refractivity contribution in [2.75, 3.05) is 0 Å². The molecule has 0 saturated heterocycles. The quantitative estimate of drug-likeness (QED) is 0.201. The van der Waals surface area contributed by atoms with E-state index in [1.807, 2.05) is 66.7 Å². The molecule has 10 aromatic rings. The highest BCUT2D eigenvalue weighted by molar-refractivity contribution is 6.15. The van der Waals surface area contributed by atoms with E-state index in [0.29, 0.717) is 0 Å². The van der Waals surface area contributed by atoms with Crippen LogP contribution in [0.15, 0.2) is 160 Å². The van der Waals surface area contributed by atoms with E-state index < -0.39 is 0 Å². The molecule has 3 aromatic heterocycles. The molecule has 0 atom stereocenters. The van der Waals surface area contributed by atoms with Crippen LogP contribution in [0.25, 0.3) is 94.0 Å². The number of furan rings is 2. The Bertz CT molecular complexity index is 2670. The van der Waals surface area contributed by atoms with Crippen molar-refractivity contribution in [1.82, 2.24) is 15.0 Å². The van der Waals surface area contributed by atoms with Crippen molar-refractivity contribution in [1.29, 1.82) is 0 Å². The standard InChI is InChI=1S/C42H25N3O2/c1-2-10-30(11-3-1)45-43-35-21-20-26(25-36(35)44-45)27-22-28(31-14-8-18-39-41(31)33-12-4-6-16-37(33)46-39)24-29(23-27)32-15-9-19-40-42(32)34-13-5-7-17-38(34)47-40/h1-25H. The third-order valence-electron chi connectivity index (χ3n) is 9.06. The van der Waals surface area contributed by atoms with E-state index in [1.54, 1.807) is 4.80 Å². The van der Waals surface area contributed by atoms with E-state index in [1.165, 1.54) is 0 Å². The maximum Gasteiger partial charge on any atom is 0.136 e. The summed E-state index contributed by atoms with van der Waals surface area (Å²) in [5.74, 6) is 0. The van der Waals surface area contributed by atoms with Gasteiger partial charge in [0.2, 0.25) is 0 Å². The first-order valence-corrected chi connectivity index (χ1v) is 15.7. The van der Waals surface area contributed by atoms with Gasteiger partial charge in [-0.3, -0.25) is 0 Å². The summed E-state index contributed by atoms with van der Waals surface area (Å²) in [7, 11) is 0. The van der Waals surface area contributed by atoms with Gasteiger partial charge in [-0.1, -0.05) is 84.9 Å². The molecule has 0 aliphatic carbocycles. The molecule has 0 N–H and O–H groups in total. The van der Waals surface area contributed by atoms with Gasteiger partial charge in [-0.2, -0.15) is 4.80 Å². The molecule has 47 heavy (non-hydrogen) atoms. The zero-order valence-electron chi connectivity index (χ0n) is 25.1. The van der Waals surface area contributed by atoms with Crippen LogP contribution in [0.5, 0.6) is 0 Å². The molecule has 10 rings (SSSR count). The monoisotopic (exact) mass is 603 g/mol. The number of hydrogen-bond donors (Lipinski definition) is 0. The Morgan fingerprint density at radius 2 is 0.915 bits per heavy atom. The highest BCUT2D eigenvalue weighted by Gasteiger charge is 2.18. The Kier molecular flexibility index (Phi) is 5.51. The second kappa shape index (κ2) is 10.0. The zero-order chi connectivity index (χ0) is 30.9. The van der Waals surface area contributed by atoms with Crippen molar-refractivity contribution >= 4 is 54.9 Å². The van der Waals surface area contributed by atoms with Gasteiger partial charge in [0.05, 0.1) is 5.69 Å². The lowest BCUT2D eigenvalue weighted by Gasteiger charge is -2.13. The van der Waals surface area contributed by atoms with Crippen LogP contribution in [0.4, 0.5) is 0 Å². The van der Waals surface area contributed by atoms with E-state index >= 15 is 0 Å². The number of benzene rings is 7. The average Bonchev–Trinajstić information content (AvgIpc) is 3.84. The second-order valence-corrected chi connectivity index (χ2v) is 11.9. The van der Waals surface area contributed by atoms with E-state index in [9.17, 15) is 0 Å². The molecule has 0 bridgehead atoms. The Morgan fingerprint density at radius 3 is 1.55 bits per heavy atom. The minimum atomic E-state index is 0.837. The molecule has 7 aromatic carbocycles. The largest absolute Gasteiger partial charge is 0.456 e. The lowest BCUT2D eigenvalue weighted by atomic mass is 9.90.